The molecule has 1 heterocycles. The summed E-state index contributed by atoms with van der Waals surface area (Å²) in [5.74, 6) is 0. The summed E-state index contributed by atoms with van der Waals surface area (Å²) in [6.07, 6.45) is -2.40. The zero-order valence-electron chi connectivity index (χ0n) is 9.50. The lowest BCUT2D eigenvalue weighted by atomic mass is 10.1. The van der Waals surface area contributed by atoms with Crippen LogP contribution in [0, 0.1) is 0 Å². The van der Waals surface area contributed by atoms with Gasteiger partial charge < -0.3 is 5.32 Å². The number of alkyl halides is 2. The molecule has 1 nitrogen and oxygen atoms in total. The fourth-order valence-corrected chi connectivity index (χ4v) is 3.04. The van der Waals surface area contributed by atoms with Crippen molar-refractivity contribution in [3.63, 3.8) is 0 Å². The number of benzene rings is 1. The van der Waals surface area contributed by atoms with E-state index in [-0.39, 0.29) is 5.56 Å². The summed E-state index contributed by atoms with van der Waals surface area (Å²) >= 11 is 5.06. The molecule has 96 valence electrons. The van der Waals surface area contributed by atoms with Gasteiger partial charge in [0, 0.05) is 33.4 Å². The Morgan fingerprint density at radius 1 is 1.22 bits per heavy atom. The van der Waals surface area contributed by atoms with Crippen molar-refractivity contribution in [2.45, 2.75) is 19.5 Å². The SMILES string of the molecule is FC(F)c1cccc(CNCc2cc(Br)cs2)c1. The molecule has 0 amide bonds. The zero-order chi connectivity index (χ0) is 13.0. The number of hydrogen-bond donors (Lipinski definition) is 1. The largest absolute Gasteiger partial charge is 0.308 e. The van der Waals surface area contributed by atoms with Gasteiger partial charge in [0.25, 0.3) is 6.43 Å². The fraction of sp³-hybridized carbons (Fsp3) is 0.231. The molecule has 5 heteroatoms. The molecular formula is C13H12BrF2NS. The summed E-state index contributed by atoms with van der Waals surface area (Å²) in [6.45, 7) is 1.34. The second-order valence-electron chi connectivity index (χ2n) is 3.88. The van der Waals surface area contributed by atoms with Gasteiger partial charge >= 0.3 is 0 Å². The first-order valence-electron chi connectivity index (χ1n) is 5.46. The van der Waals surface area contributed by atoms with Crippen LogP contribution in [0.2, 0.25) is 0 Å². The Hall–Kier alpha value is -0.780. The third-order valence-electron chi connectivity index (χ3n) is 2.45. The molecule has 0 saturated carbocycles. The maximum Gasteiger partial charge on any atom is 0.263 e. The number of nitrogens with one attached hydrogen (secondary N) is 1. The van der Waals surface area contributed by atoms with Crippen molar-refractivity contribution in [2.75, 3.05) is 0 Å². The highest BCUT2D eigenvalue weighted by atomic mass is 79.9. The van der Waals surface area contributed by atoms with Gasteiger partial charge in [-0.1, -0.05) is 18.2 Å². The summed E-state index contributed by atoms with van der Waals surface area (Å²) in [4.78, 5) is 1.21. The van der Waals surface area contributed by atoms with E-state index >= 15 is 0 Å². The Morgan fingerprint density at radius 3 is 2.72 bits per heavy atom. The molecule has 0 radical (unpaired) electrons. The van der Waals surface area contributed by atoms with Crippen LogP contribution >= 0.6 is 27.3 Å². The van der Waals surface area contributed by atoms with Gasteiger partial charge in [-0.05, 0) is 33.6 Å². The molecule has 0 saturated heterocycles. The van der Waals surface area contributed by atoms with E-state index in [0.29, 0.717) is 6.54 Å². The topological polar surface area (TPSA) is 12.0 Å². The van der Waals surface area contributed by atoms with Gasteiger partial charge in [-0.25, -0.2) is 8.78 Å². The maximum atomic E-state index is 12.5. The van der Waals surface area contributed by atoms with Crippen LogP contribution in [-0.2, 0) is 13.1 Å². The normalized spacial score (nSPS) is 11.1. The third kappa shape index (κ3) is 3.86. The monoisotopic (exact) mass is 331 g/mol. The Labute approximate surface area is 117 Å². The van der Waals surface area contributed by atoms with Crippen LogP contribution in [0.25, 0.3) is 0 Å². The second kappa shape index (κ2) is 6.41. The highest BCUT2D eigenvalue weighted by molar-refractivity contribution is 9.10. The van der Waals surface area contributed by atoms with Crippen molar-refractivity contribution in [1.82, 2.24) is 5.32 Å². The van der Waals surface area contributed by atoms with Gasteiger partial charge in [-0.15, -0.1) is 11.3 Å². The van der Waals surface area contributed by atoms with E-state index in [2.05, 4.69) is 21.2 Å². The Kier molecular flexibility index (Phi) is 4.86. The lowest BCUT2D eigenvalue weighted by molar-refractivity contribution is 0.151. The summed E-state index contributed by atoms with van der Waals surface area (Å²) in [5, 5.41) is 5.26. The summed E-state index contributed by atoms with van der Waals surface area (Å²) in [6, 6.07) is 8.56. The molecule has 1 aromatic carbocycles. The second-order valence-corrected chi connectivity index (χ2v) is 5.79. The van der Waals surface area contributed by atoms with Crippen molar-refractivity contribution < 1.29 is 8.78 Å². The van der Waals surface area contributed by atoms with Crippen molar-refractivity contribution in [3.8, 4) is 0 Å². The van der Waals surface area contributed by atoms with Crippen molar-refractivity contribution in [2.24, 2.45) is 0 Å². The van der Waals surface area contributed by atoms with Crippen LogP contribution in [0.15, 0.2) is 40.2 Å². The van der Waals surface area contributed by atoms with E-state index in [1.807, 2.05) is 17.5 Å². The molecule has 2 aromatic rings. The lowest BCUT2D eigenvalue weighted by Gasteiger charge is -2.05. The number of halogens is 3. The quantitative estimate of drug-likeness (QED) is 0.834. The van der Waals surface area contributed by atoms with Crippen LogP contribution in [0.1, 0.15) is 22.4 Å². The van der Waals surface area contributed by atoms with Crippen molar-refractivity contribution in [3.05, 3.63) is 56.2 Å². The first kappa shape index (κ1) is 13.6. The van der Waals surface area contributed by atoms with Gasteiger partial charge in [0.05, 0.1) is 0 Å². The molecule has 0 atom stereocenters. The summed E-state index contributed by atoms with van der Waals surface area (Å²) in [5.41, 5.74) is 0.955. The molecule has 1 N–H and O–H groups in total. The van der Waals surface area contributed by atoms with Crippen LogP contribution in [0.3, 0.4) is 0 Å². The molecule has 18 heavy (non-hydrogen) atoms. The van der Waals surface area contributed by atoms with E-state index in [1.165, 1.54) is 10.9 Å². The minimum absolute atomic E-state index is 0.0770. The summed E-state index contributed by atoms with van der Waals surface area (Å²) in [7, 11) is 0. The fourth-order valence-electron chi connectivity index (χ4n) is 1.62. The highest BCUT2D eigenvalue weighted by Gasteiger charge is 2.06. The van der Waals surface area contributed by atoms with Crippen LogP contribution < -0.4 is 5.32 Å². The van der Waals surface area contributed by atoms with Gasteiger partial charge in [-0.3, -0.25) is 0 Å². The van der Waals surface area contributed by atoms with Crippen LogP contribution in [0.5, 0.6) is 0 Å². The molecule has 0 spiro atoms. The van der Waals surface area contributed by atoms with E-state index in [4.69, 9.17) is 0 Å². The van der Waals surface area contributed by atoms with Crippen LogP contribution in [-0.4, -0.2) is 0 Å². The Bertz CT molecular complexity index is 513. The molecule has 0 unspecified atom stereocenters. The number of thiophene rings is 1. The standard InChI is InChI=1S/C13H12BrF2NS/c14-11-5-12(18-8-11)7-17-6-9-2-1-3-10(4-9)13(15)16/h1-5,8,13,17H,6-7H2. The molecule has 0 fully saturated rings. The number of hydrogen-bond acceptors (Lipinski definition) is 2. The molecule has 2 rings (SSSR count). The average molecular weight is 332 g/mol. The predicted molar refractivity (Wildman–Crippen MR) is 74.0 cm³/mol. The van der Waals surface area contributed by atoms with Crippen LogP contribution in [0.4, 0.5) is 8.78 Å². The maximum absolute atomic E-state index is 12.5. The smallest absolute Gasteiger partial charge is 0.263 e. The Morgan fingerprint density at radius 2 is 2.06 bits per heavy atom. The van der Waals surface area contributed by atoms with Crippen molar-refractivity contribution >= 4 is 27.3 Å². The zero-order valence-corrected chi connectivity index (χ0v) is 11.9. The van der Waals surface area contributed by atoms with Gasteiger partial charge in [0.1, 0.15) is 0 Å². The van der Waals surface area contributed by atoms with E-state index in [1.54, 1.807) is 23.5 Å². The lowest BCUT2D eigenvalue weighted by Crippen LogP contribution is -2.11. The van der Waals surface area contributed by atoms with E-state index < -0.39 is 6.43 Å². The van der Waals surface area contributed by atoms with Gasteiger partial charge in [0.2, 0.25) is 0 Å². The first-order valence-corrected chi connectivity index (χ1v) is 7.13. The molecular weight excluding hydrogens is 320 g/mol. The molecule has 0 bridgehead atoms. The number of rotatable bonds is 5. The Balaban J connectivity index is 1.88. The summed E-state index contributed by atoms with van der Waals surface area (Å²) < 4.78 is 26.1. The molecule has 0 aliphatic carbocycles. The third-order valence-corrected chi connectivity index (χ3v) is 4.15. The van der Waals surface area contributed by atoms with E-state index in [9.17, 15) is 8.78 Å². The van der Waals surface area contributed by atoms with Gasteiger partial charge in [0.15, 0.2) is 0 Å². The predicted octanol–water partition coefficient (Wildman–Crippen LogP) is 4.74. The van der Waals surface area contributed by atoms with Crippen molar-refractivity contribution in [1.29, 1.82) is 0 Å². The van der Waals surface area contributed by atoms with E-state index in [0.717, 1.165) is 16.6 Å². The molecule has 0 aliphatic heterocycles. The highest BCUT2D eigenvalue weighted by Crippen LogP contribution is 2.21. The average Bonchev–Trinajstić information content (AvgIpc) is 2.75. The molecule has 0 aliphatic rings. The first-order chi connectivity index (χ1) is 8.65. The minimum Gasteiger partial charge on any atom is -0.308 e. The molecule has 1 aromatic heterocycles. The minimum atomic E-state index is -2.40. The van der Waals surface area contributed by atoms with Gasteiger partial charge in [-0.2, -0.15) is 0 Å².